The Hall–Kier alpha value is -3.24. The molecule has 0 aliphatic carbocycles. The van der Waals surface area contributed by atoms with Crippen LogP contribution in [0, 0.1) is 0 Å². The van der Waals surface area contributed by atoms with Crippen molar-refractivity contribution in [2.75, 3.05) is 39.6 Å². The Morgan fingerprint density at radius 1 is 0.292 bits per heavy atom. The van der Waals surface area contributed by atoms with Gasteiger partial charge < -0.3 is 33.8 Å². The number of phosphoric ester groups is 2. The number of aliphatic hydroxyl groups is 1. The molecule has 0 bridgehead atoms. The van der Waals surface area contributed by atoms with Gasteiger partial charge in [-0.25, -0.2) is 9.13 Å². The molecule has 3 N–H and O–H groups in total. The van der Waals surface area contributed by atoms with Gasteiger partial charge in [-0.15, -0.1) is 0 Å². The van der Waals surface area contributed by atoms with E-state index in [-0.39, 0.29) is 25.7 Å². The zero-order chi connectivity index (χ0) is 70.4. The lowest BCUT2D eigenvalue weighted by Gasteiger charge is -2.21. The van der Waals surface area contributed by atoms with E-state index in [2.05, 4.69) is 88.5 Å². The Morgan fingerprint density at radius 2 is 0.531 bits per heavy atom. The van der Waals surface area contributed by atoms with Crippen LogP contribution in [0.25, 0.3) is 0 Å². The summed E-state index contributed by atoms with van der Waals surface area (Å²) in [5.41, 5.74) is 0. The minimum absolute atomic E-state index is 0.0788. The fourth-order valence-electron chi connectivity index (χ4n) is 10.5. The summed E-state index contributed by atoms with van der Waals surface area (Å²) < 4.78 is 68.4. The highest BCUT2D eigenvalue weighted by molar-refractivity contribution is 7.47. The van der Waals surface area contributed by atoms with Crippen molar-refractivity contribution in [2.24, 2.45) is 0 Å². The highest BCUT2D eigenvalue weighted by Crippen LogP contribution is 2.45. The molecule has 17 nitrogen and oxygen atoms in total. The van der Waals surface area contributed by atoms with Gasteiger partial charge in [-0.2, -0.15) is 0 Å². The number of esters is 4. The van der Waals surface area contributed by atoms with Gasteiger partial charge in [0.25, 0.3) is 0 Å². The van der Waals surface area contributed by atoms with Crippen LogP contribution in [0.1, 0.15) is 349 Å². The molecule has 0 aromatic rings. The number of allylic oxidation sites excluding steroid dienone is 10. The van der Waals surface area contributed by atoms with E-state index in [1.165, 1.54) is 109 Å². The van der Waals surface area contributed by atoms with Gasteiger partial charge in [0.2, 0.25) is 0 Å². The molecule has 0 saturated heterocycles. The van der Waals surface area contributed by atoms with Crippen molar-refractivity contribution < 1.29 is 80.2 Å². The van der Waals surface area contributed by atoms with Crippen molar-refractivity contribution in [1.29, 1.82) is 0 Å². The van der Waals surface area contributed by atoms with Crippen LogP contribution < -0.4 is 0 Å². The minimum Gasteiger partial charge on any atom is -0.462 e. The van der Waals surface area contributed by atoms with E-state index in [1.807, 2.05) is 0 Å². The second-order valence-electron chi connectivity index (χ2n) is 25.9. The number of phosphoric acid groups is 2. The van der Waals surface area contributed by atoms with Crippen LogP contribution in [0.2, 0.25) is 0 Å². The maximum atomic E-state index is 13.1. The Bertz CT molecular complexity index is 2060. The zero-order valence-electron chi connectivity index (χ0n) is 61.1. The summed E-state index contributed by atoms with van der Waals surface area (Å²) in [4.78, 5) is 72.8. The van der Waals surface area contributed by atoms with Crippen molar-refractivity contribution in [3.05, 3.63) is 60.8 Å². The molecule has 0 rings (SSSR count). The normalized spacial score (nSPS) is 14.3. The first-order chi connectivity index (χ1) is 46.7. The molecule has 0 fully saturated rings. The van der Waals surface area contributed by atoms with E-state index >= 15 is 0 Å². The first kappa shape index (κ1) is 92.8. The molecule has 5 atom stereocenters. The van der Waals surface area contributed by atoms with Crippen molar-refractivity contribution in [3.8, 4) is 0 Å². The summed E-state index contributed by atoms with van der Waals surface area (Å²) >= 11 is 0. The third-order valence-corrected chi connectivity index (χ3v) is 18.3. The lowest BCUT2D eigenvalue weighted by atomic mass is 10.0. The third kappa shape index (κ3) is 69.2. The lowest BCUT2D eigenvalue weighted by Crippen LogP contribution is -2.30. The van der Waals surface area contributed by atoms with E-state index in [1.54, 1.807) is 0 Å². The van der Waals surface area contributed by atoms with Gasteiger partial charge >= 0.3 is 39.5 Å². The van der Waals surface area contributed by atoms with Crippen LogP contribution in [0.5, 0.6) is 0 Å². The standard InChI is InChI=1S/C77H140O17P2/c1-5-9-13-17-21-25-29-33-35-39-41-45-49-53-57-61-74(79)87-67-72(93-76(81)63-59-55-51-47-43-37-31-27-23-19-15-11-7-3)69-91-95(83,84)89-65-71(78)66-90-96(85,86)92-70-73(94-77(82)64-60-56-52-48-44-38-32-28-24-20-16-12-8-4)68-88-75(80)62-58-54-50-46-42-40-36-34-30-26-22-18-14-10-6-2/h15,19,21,25,27,31,33-36,71-73,78H,5-14,16-18,20,22-24,26,28-30,32,37-70H2,1-4H3,(H,83,84)(H,85,86)/b19-15-,25-21-,31-27-,35-33-,36-34-. The number of ether oxygens (including phenoxy) is 4. The molecule has 0 aliphatic heterocycles. The van der Waals surface area contributed by atoms with Gasteiger partial charge in [0.05, 0.1) is 26.4 Å². The second-order valence-corrected chi connectivity index (χ2v) is 28.9. The molecule has 0 saturated carbocycles. The Morgan fingerprint density at radius 3 is 0.844 bits per heavy atom. The van der Waals surface area contributed by atoms with E-state index < -0.39 is 97.5 Å². The number of hydrogen-bond acceptors (Lipinski definition) is 15. The average molecular weight is 1400 g/mol. The summed E-state index contributed by atoms with van der Waals surface area (Å²) in [5, 5.41) is 10.6. The van der Waals surface area contributed by atoms with Gasteiger partial charge in [0, 0.05) is 25.7 Å². The number of hydrogen-bond donors (Lipinski definition) is 3. The van der Waals surface area contributed by atoms with Crippen LogP contribution in [-0.2, 0) is 65.4 Å². The molecule has 5 unspecified atom stereocenters. The fourth-order valence-corrected chi connectivity index (χ4v) is 12.1. The molecule has 0 aromatic heterocycles. The molecule has 0 spiro atoms. The van der Waals surface area contributed by atoms with Crippen LogP contribution in [-0.4, -0.2) is 96.7 Å². The molecule has 0 aromatic carbocycles. The third-order valence-electron chi connectivity index (χ3n) is 16.4. The molecule has 19 heteroatoms. The Balaban J connectivity index is 5.33. The van der Waals surface area contributed by atoms with Crippen LogP contribution in [0.15, 0.2) is 60.8 Å². The number of rotatable bonds is 73. The average Bonchev–Trinajstić information content (AvgIpc) is 1.15. The van der Waals surface area contributed by atoms with E-state index in [0.717, 1.165) is 161 Å². The number of unbranched alkanes of at least 4 members (excludes halogenated alkanes) is 37. The van der Waals surface area contributed by atoms with Gasteiger partial charge in [0.15, 0.2) is 12.2 Å². The van der Waals surface area contributed by atoms with Crippen molar-refractivity contribution >= 4 is 39.5 Å². The number of carbonyl (C=O) groups excluding carboxylic acids is 4. The molecule has 0 radical (unpaired) electrons. The van der Waals surface area contributed by atoms with Crippen molar-refractivity contribution in [1.82, 2.24) is 0 Å². The SMILES string of the molecule is CCC/C=C\C/C=C\CCCCCCCC(=O)OC(COC(=O)CCCCCCC/C=C\C/C=C\CCCCC)COP(=O)(O)OCC(O)COP(=O)(O)OCC(COC(=O)CCCCCCC/C=C\CCCCCCCC)OC(=O)CCCCCCCCCCCCCCC. The topological polar surface area (TPSA) is 237 Å². The minimum atomic E-state index is -4.97. The smallest absolute Gasteiger partial charge is 0.462 e. The maximum Gasteiger partial charge on any atom is 0.472 e. The second kappa shape index (κ2) is 70.2. The highest BCUT2D eigenvalue weighted by Gasteiger charge is 2.30. The number of aliphatic hydroxyl groups excluding tert-OH is 1. The van der Waals surface area contributed by atoms with Gasteiger partial charge in [0.1, 0.15) is 19.3 Å². The van der Waals surface area contributed by atoms with E-state index in [9.17, 15) is 43.2 Å². The van der Waals surface area contributed by atoms with Crippen LogP contribution in [0.4, 0.5) is 0 Å². The summed E-state index contributed by atoms with van der Waals surface area (Å²) in [5.74, 6) is -2.19. The first-order valence-electron chi connectivity index (χ1n) is 38.5. The molecule has 0 aliphatic rings. The van der Waals surface area contributed by atoms with E-state index in [0.29, 0.717) is 25.7 Å². The Kier molecular flexibility index (Phi) is 67.8. The zero-order valence-corrected chi connectivity index (χ0v) is 62.8. The van der Waals surface area contributed by atoms with Gasteiger partial charge in [-0.05, 0) is 109 Å². The predicted molar refractivity (Wildman–Crippen MR) is 390 cm³/mol. The maximum absolute atomic E-state index is 13.1. The predicted octanol–water partition coefficient (Wildman–Crippen LogP) is 21.9. The summed E-state index contributed by atoms with van der Waals surface area (Å²) in [6, 6.07) is 0. The molecule has 0 amide bonds. The fraction of sp³-hybridized carbons (Fsp3) is 0.818. The molecule has 0 heterocycles. The largest absolute Gasteiger partial charge is 0.472 e. The van der Waals surface area contributed by atoms with Crippen molar-refractivity contribution in [3.63, 3.8) is 0 Å². The summed E-state index contributed by atoms with van der Waals surface area (Å²) in [6.45, 7) is 4.79. The lowest BCUT2D eigenvalue weighted by molar-refractivity contribution is -0.161. The van der Waals surface area contributed by atoms with Crippen molar-refractivity contribution in [2.45, 2.75) is 367 Å². The summed E-state index contributed by atoms with van der Waals surface area (Å²) in [7, 11) is -9.94. The summed E-state index contributed by atoms with van der Waals surface area (Å²) in [6.07, 6.45) is 67.7. The van der Waals surface area contributed by atoms with Gasteiger partial charge in [-0.1, -0.05) is 275 Å². The molecular formula is C77H140O17P2. The monoisotopic (exact) mass is 1400 g/mol. The van der Waals surface area contributed by atoms with Crippen LogP contribution in [0.3, 0.4) is 0 Å². The molecule has 560 valence electrons. The van der Waals surface area contributed by atoms with E-state index in [4.69, 9.17) is 37.0 Å². The first-order valence-corrected chi connectivity index (χ1v) is 41.5. The molecule has 96 heavy (non-hydrogen) atoms. The number of carbonyl (C=O) groups is 4. The Labute approximate surface area is 584 Å². The molecular weight excluding hydrogens is 1260 g/mol. The highest BCUT2D eigenvalue weighted by atomic mass is 31.2. The van der Waals surface area contributed by atoms with Gasteiger partial charge in [-0.3, -0.25) is 37.3 Å². The quantitative estimate of drug-likeness (QED) is 0.0169. The van der Waals surface area contributed by atoms with Crippen LogP contribution >= 0.6 is 15.6 Å².